The molecule has 5 saturated heterocycles. The molecule has 9 fully saturated rings. The molecule has 5 heterocycles. The Balaban J connectivity index is 0.000000579. The number of aliphatic hydroxyl groups is 14. The van der Waals surface area contributed by atoms with Gasteiger partial charge in [-0.2, -0.15) is 0 Å². The molecule has 32 unspecified atom stereocenters. The number of allylic oxidation sites excluding steroid dienone is 2. The summed E-state index contributed by atoms with van der Waals surface area (Å²) in [5.74, 6) is -0.779. The summed E-state index contributed by atoms with van der Waals surface area (Å²) in [7, 11) is 3.83. The maximum atomic E-state index is 15.4. The van der Waals surface area contributed by atoms with E-state index in [0.29, 0.717) is 49.6 Å². The van der Waals surface area contributed by atoms with Crippen molar-refractivity contribution in [3.05, 3.63) is 40.9 Å². The van der Waals surface area contributed by atoms with Crippen LogP contribution in [0.25, 0.3) is 0 Å². The van der Waals surface area contributed by atoms with E-state index in [1.54, 1.807) is 31.2 Å². The fourth-order valence-corrected chi connectivity index (χ4v) is 18.7. The van der Waals surface area contributed by atoms with Gasteiger partial charge in [-0.25, -0.2) is 4.79 Å². The van der Waals surface area contributed by atoms with Gasteiger partial charge in [0, 0.05) is 11.6 Å². The quantitative estimate of drug-likeness (QED) is 0.0568. The number of benzene rings is 1. The minimum atomic E-state index is -1.93. The van der Waals surface area contributed by atoms with Crippen molar-refractivity contribution in [2.45, 2.75) is 274 Å². The lowest BCUT2D eigenvalue weighted by Crippen LogP contribution is -2.68. The van der Waals surface area contributed by atoms with E-state index in [2.05, 4.69) is 54.5 Å². The Labute approximate surface area is 600 Å². The highest BCUT2D eigenvalue weighted by molar-refractivity contribution is 6.30. The van der Waals surface area contributed by atoms with Crippen LogP contribution in [0.5, 0.6) is 5.75 Å². The summed E-state index contributed by atoms with van der Waals surface area (Å²) in [5, 5.41) is 153. The van der Waals surface area contributed by atoms with Crippen LogP contribution in [-0.4, -0.2) is 296 Å². The summed E-state index contributed by atoms with van der Waals surface area (Å²) < 4.78 is 69.8. The molecular formula is C70H111Cl2NO28. The molecule has 0 radical (unpaired) electrons. The second-order valence-corrected chi connectivity index (χ2v) is 32.5. The summed E-state index contributed by atoms with van der Waals surface area (Å²) in [6.07, 6.45) is -29.2. The van der Waals surface area contributed by atoms with Crippen molar-refractivity contribution in [1.82, 2.24) is 4.90 Å². The van der Waals surface area contributed by atoms with Crippen molar-refractivity contribution >= 4 is 35.9 Å². The van der Waals surface area contributed by atoms with E-state index in [0.717, 1.165) is 24.8 Å². The Morgan fingerprint density at radius 3 is 1.77 bits per heavy atom. The third kappa shape index (κ3) is 16.0. The fourth-order valence-electron chi connectivity index (χ4n) is 18.5. The Kier molecular flexibility index (Phi) is 26.3. The molecule has 0 spiro atoms. The largest absolute Gasteiger partial charge is 0.482 e. The average Bonchev–Trinajstić information content (AvgIpc) is 0.672. The predicted molar refractivity (Wildman–Crippen MR) is 356 cm³/mol. The number of rotatable bonds is 17. The van der Waals surface area contributed by atoms with Gasteiger partial charge in [-0.3, -0.25) is 4.79 Å². The number of likely N-dealkylation sites (N-methyl/N-ethyl adjacent to an activating group) is 1. The van der Waals surface area contributed by atoms with E-state index in [-0.39, 0.29) is 72.5 Å². The summed E-state index contributed by atoms with van der Waals surface area (Å²) in [4.78, 5) is 28.6. The topological polar surface area (TPSA) is 431 Å². The number of hydrogen-bond acceptors (Lipinski definition) is 29. The number of ether oxygens (including phenoxy) is 12. The number of carbonyl (C=O) groups excluding carboxylic acids is 2. The third-order valence-electron chi connectivity index (χ3n) is 24.7. The Morgan fingerprint density at radius 2 is 1.16 bits per heavy atom. The van der Waals surface area contributed by atoms with Gasteiger partial charge in [0.2, 0.25) is 6.29 Å². The molecule has 14 N–H and O–H groups in total. The first-order valence-electron chi connectivity index (χ1n) is 35.2. The van der Waals surface area contributed by atoms with E-state index in [9.17, 15) is 76.3 Å². The molecule has 5 aliphatic heterocycles. The third-order valence-corrected chi connectivity index (χ3v) is 24.9. The summed E-state index contributed by atoms with van der Waals surface area (Å²) >= 11 is 5.72. The van der Waals surface area contributed by atoms with E-state index in [1.165, 1.54) is 6.92 Å². The first-order chi connectivity index (χ1) is 46.8. The minimum Gasteiger partial charge on any atom is -0.482 e. The molecule has 0 bridgehead atoms. The van der Waals surface area contributed by atoms with Crippen molar-refractivity contribution < 1.29 is 138 Å². The molecule has 5 aliphatic carbocycles. The second-order valence-electron chi connectivity index (χ2n) is 32.0. The summed E-state index contributed by atoms with van der Waals surface area (Å²) in [6.45, 7) is 18.2. The zero-order chi connectivity index (χ0) is 73.3. The molecule has 29 nitrogen and oxygen atoms in total. The highest BCUT2D eigenvalue weighted by Crippen LogP contribution is 2.76. The van der Waals surface area contributed by atoms with Crippen molar-refractivity contribution in [2.75, 3.05) is 53.7 Å². The standard InChI is InChI=1S/C58H94O25.C12H16ClNO3.ClH/c1-23-44(80-47-40(69)34(63)27(60)21-74-47)38(67)42(71)48(76-23)79-33-13-14-55(7)30(54(33,5)6)12-15-56(8)31(55)11-10-25-26-18-53(3,4)16-17-58(26,32(62)19-57(25,56)9)52(73)83-51-46(35(64)28(61)22-75-51)82-49-43(72)39(68)45(24(2)77-49)81-50-41(70)37(66)36(65)29(20-59)78-50;1-14(2)7-8-16-12(15)9-17-11-5-3-10(13)4-6-11;/h10,23-24,26-51,59-72H,11-22H2,1-9H3;3-6H,7-9H2,1-2H3;1H. The highest BCUT2D eigenvalue weighted by Gasteiger charge is 2.72. The van der Waals surface area contributed by atoms with E-state index in [4.69, 9.17) is 68.4 Å². The number of hydrogen-bond donors (Lipinski definition) is 14. The maximum absolute atomic E-state index is 15.4. The van der Waals surface area contributed by atoms with Gasteiger partial charge in [-0.1, -0.05) is 71.7 Å². The van der Waals surface area contributed by atoms with Crippen LogP contribution in [0.15, 0.2) is 35.9 Å². The lowest BCUT2D eigenvalue weighted by molar-refractivity contribution is -0.374. The van der Waals surface area contributed by atoms with Gasteiger partial charge < -0.3 is 133 Å². The van der Waals surface area contributed by atoms with Gasteiger partial charge in [0.15, 0.2) is 37.9 Å². The molecule has 101 heavy (non-hydrogen) atoms. The monoisotopic (exact) mass is 1480 g/mol. The first kappa shape index (κ1) is 82.4. The number of aliphatic hydroxyl groups excluding tert-OH is 14. The zero-order valence-corrected chi connectivity index (χ0v) is 60.9. The first-order valence-corrected chi connectivity index (χ1v) is 35.6. The molecule has 11 rings (SSSR count). The number of halogens is 2. The van der Waals surface area contributed by atoms with Crippen LogP contribution in [0.1, 0.15) is 120 Å². The lowest BCUT2D eigenvalue weighted by atomic mass is 9.33. The van der Waals surface area contributed by atoms with Crippen molar-refractivity contribution in [3.63, 3.8) is 0 Å². The molecule has 4 saturated carbocycles. The number of carbonyl (C=O) groups is 2. The highest BCUT2D eigenvalue weighted by atomic mass is 35.5. The van der Waals surface area contributed by atoms with Gasteiger partial charge in [0.25, 0.3) is 0 Å². The number of fused-ring (bicyclic) bond motifs is 7. The van der Waals surface area contributed by atoms with Crippen molar-refractivity contribution in [2.24, 2.45) is 50.2 Å². The van der Waals surface area contributed by atoms with Gasteiger partial charge in [0.05, 0.1) is 44.2 Å². The Hall–Kier alpha value is -2.68. The van der Waals surface area contributed by atoms with Gasteiger partial charge in [-0.05, 0) is 155 Å². The predicted octanol–water partition coefficient (Wildman–Crippen LogP) is 0.339. The van der Waals surface area contributed by atoms with Crippen LogP contribution in [0.4, 0.5) is 0 Å². The summed E-state index contributed by atoms with van der Waals surface area (Å²) in [5.41, 5.74) is -2.28. The molecule has 578 valence electrons. The maximum Gasteiger partial charge on any atom is 0.344 e. The SMILES string of the molecule is CC1OC(OC2CCC3(C)C(CCC4(C)C3CC=C3C5CC(C)(C)CCC5(C(=O)OC5OCC(O)C(O)C5OC5OC(C)C(OC6OC(CO)C(O)C(O)C6O)C(O)C5O)C(O)CC34C)C2(C)C)C(O)C(O)C1OC1OCC(O)C(O)C1O.CN(C)CCOC(=O)COc1ccc(Cl)cc1.Cl. The van der Waals surface area contributed by atoms with E-state index in [1.807, 2.05) is 19.0 Å². The molecule has 32 atom stereocenters. The van der Waals surface area contributed by atoms with Crippen LogP contribution in [0, 0.1) is 50.2 Å². The number of esters is 2. The molecule has 0 amide bonds. The van der Waals surface area contributed by atoms with Crippen LogP contribution >= 0.6 is 24.0 Å². The van der Waals surface area contributed by atoms with E-state index < -0.39 is 195 Å². The van der Waals surface area contributed by atoms with Crippen LogP contribution in [-0.2, 0) is 61.7 Å². The van der Waals surface area contributed by atoms with Crippen LogP contribution in [0.2, 0.25) is 5.02 Å². The Morgan fingerprint density at radius 1 is 0.604 bits per heavy atom. The van der Waals surface area contributed by atoms with Gasteiger partial charge in [-0.15, -0.1) is 12.4 Å². The fraction of sp³-hybridized carbons (Fsp3) is 0.857. The van der Waals surface area contributed by atoms with Crippen molar-refractivity contribution in [1.29, 1.82) is 0 Å². The number of nitrogens with zero attached hydrogens (tertiary/aromatic N) is 1. The van der Waals surface area contributed by atoms with E-state index >= 15 is 4.79 Å². The smallest absolute Gasteiger partial charge is 0.344 e. The van der Waals surface area contributed by atoms with Crippen LogP contribution in [0.3, 0.4) is 0 Å². The Bertz CT molecular complexity index is 2960. The van der Waals surface area contributed by atoms with Crippen LogP contribution < -0.4 is 4.74 Å². The second kappa shape index (κ2) is 32.3. The molecular weight excluding hydrogens is 1370 g/mol. The average molecular weight is 1490 g/mol. The molecule has 0 aromatic heterocycles. The molecule has 31 heteroatoms. The molecule has 1 aromatic carbocycles. The van der Waals surface area contributed by atoms with Gasteiger partial charge >= 0.3 is 11.9 Å². The zero-order valence-electron chi connectivity index (χ0n) is 59.4. The summed E-state index contributed by atoms with van der Waals surface area (Å²) in [6, 6.07) is 6.81. The lowest BCUT2D eigenvalue weighted by Gasteiger charge is -2.71. The minimum absolute atomic E-state index is 0. The molecule has 10 aliphatic rings. The van der Waals surface area contributed by atoms with Crippen molar-refractivity contribution in [3.8, 4) is 5.75 Å². The van der Waals surface area contributed by atoms with Gasteiger partial charge in [0.1, 0.15) is 109 Å². The molecule has 1 aromatic rings. The normalized spacial score (nSPS) is 47.1.